The first-order valence-electron chi connectivity index (χ1n) is 7.89. The van der Waals surface area contributed by atoms with Crippen LogP contribution in [0.5, 0.6) is 5.75 Å². The molecule has 2 aromatic rings. The van der Waals surface area contributed by atoms with Crippen LogP contribution >= 0.6 is 11.8 Å². The van der Waals surface area contributed by atoms with Crippen LogP contribution in [0.2, 0.25) is 0 Å². The fourth-order valence-electron chi connectivity index (χ4n) is 2.60. The van der Waals surface area contributed by atoms with E-state index in [-0.39, 0.29) is 0 Å². The van der Waals surface area contributed by atoms with Gasteiger partial charge in [-0.15, -0.1) is 0 Å². The molecule has 1 aromatic heterocycles. The molecule has 1 aliphatic heterocycles. The molecular weight excluding hydrogens is 294 g/mol. The molecule has 1 fully saturated rings. The molecule has 0 saturated carbocycles. The Bertz CT molecular complexity index is 553. The number of aromatic nitrogens is 2. The Labute approximate surface area is 136 Å². The molecule has 1 atom stereocenters. The molecule has 1 aliphatic rings. The second kappa shape index (κ2) is 8.25. The molecule has 1 aromatic carbocycles. The van der Waals surface area contributed by atoms with Gasteiger partial charge in [0.25, 0.3) is 0 Å². The van der Waals surface area contributed by atoms with Gasteiger partial charge < -0.3 is 14.6 Å². The molecular formula is C17H23N3OS. The summed E-state index contributed by atoms with van der Waals surface area (Å²) in [6.45, 7) is 2.40. The lowest BCUT2D eigenvalue weighted by Crippen LogP contribution is -2.33. The maximum Gasteiger partial charge on any atom is 0.119 e. The summed E-state index contributed by atoms with van der Waals surface area (Å²) in [5.41, 5.74) is 1.29. The molecule has 5 heteroatoms. The number of hydrogen-bond donors (Lipinski definition) is 1. The van der Waals surface area contributed by atoms with Crippen molar-refractivity contribution in [1.82, 2.24) is 14.9 Å². The third kappa shape index (κ3) is 4.78. The van der Waals surface area contributed by atoms with Gasteiger partial charge in [-0.2, -0.15) is 11.8 Å². The summed E-state index contributed by atoms with van der Waals surface area (Å²) in [7, 11) is 0. The van der Waals surface area contributed by atoms with E-state index in [0.717, 1.165) is 18.8 Å². The van der Waals surface area contributed by atoms with Crippen molar-refractivity contribution in [2.24, 2.45) is 0 Å². The number of rotatable bonds is 7. The van der Waals surface area contributed by atoms with Gasteiger partial charge in [0.15, 0.2) is 0 Å². The van der Waals surface area contributed by atoms with Gasteiger partial charge in [-0.05, 0) is 36.3 Å². The number of nitrogens with zero attached hydrogens (tertiary/aromatic N) is 2. The van der Waals surface area contributed by atoms with Gasteiger partial charge in [0, 0.05) is 30.7 Å². The molecule has 0 spiro atoms. The van der Waals surface area contributed by atoms with E-state index in [9.17, 15) is 0 Å². The Morgan fingerprint density at radius 2 is 2.41 bits per heavy atom. The van der Waals surface area contributed by atoms with E-state index in [2.05, 4.69) is 40.3 Å². The Balaban J connectivity index is 1.44. The molecule has 0 unspecified atom stereocenters. The minimum atomic E-state index is 0.657. The Hall–Kier alpha value is -1.46. The second-order valence-corrected chi connectivity index (χ2v) is 6.74. The van der Waals surface area contributed by atoms with Gasteiger partial charge in [0.1, 0.15) is 12.4 Å². The van der Waals surface area contributed by atoms with Crippen LogP contribution in [0, 0.1) is 0 Å². The smallest absolute Gasteiger partial charge is 0.119 e. The molecule has 4 nitrogen and oxygen atoms in total. The first-order chi connectivity index (χ1) is 10.9. The molecule has 22 heavy (non-hydrogen) atoms. The van der Waals surface area contributed by atoms with Crippen LogP contribution in [0.15, 0.2) is 43.0 Å². The van der Waals surface area contributed by atoms with E-state index >= 15 is 0 Å². The summed E-state index contributed by atoms with van der Waals surface area (Å²) in [6.07, 6.45) is 8.18. The van der Waals surface area contributed by atoms with Gasteiger partial charge in [0.05, 0.1) is 12.9 Å². The fraction of sp³-hybridized carbons (Fsp3) is 0.471. The lowest BCUT2D eigenvalue weighted by Gasteiger charge is -2.22. The van der Waals surface area contributed by atoms with E-state index < -0.39 is 0 Å². The molecule has 1 N–H and O–H groups in total. The molecule has 0 amide bonds. The van der Waals surface area contributed by atoms with Gasteiger partial charge >= 0.3 is 0 Å². The minimum Gasteiger partial charge on any atom is -0.492 e. The summed E-state index contributed by atoms with van der Waals surface area (Å²) in [5.74, 6) is 3.50. The predicted octanol–water partition coefficient (Wildman–Crippen LogP) is 2.95. The normalized spacial score (nSPS) is 18.3. The SMILES string of the molecule is c1cc(CN[C@H]2CCCSC2)cc(OCCn2ccnc2)c1. The molecule has 118 valence electrons. The summed E-state index contributed by atoms with van der Waals surface area (Å²) >= 11 is 2.06. The van der Waals surface area contributed by atoms with E-state index in [0.29, 0.717) is 12.6 Å². The Morgan fingerprint density at radius 3 is 3.23 bits per heavy atom. The van der Waals surface area contributed by atoms with Gasteiger partial charge in [-0.25, -0.2) is 4.98 Å². The number of benzene rings is 1. The highest BCUT2D eigenvalue weighted by Crippen LogP contribution is 2.18. The number of hydrogen-bond acceptors (Lipinski definition) is 4. The van der Waals surface area contributed by atoms with Crippen molar-refractivity contribution in [3.05, 3.63) is 48.5 Å². The summed E-state index contributed by atoms with van der Waals surface area (Å²) in [4.78, 5) is 4.03. The predicted molar refractivity (Wildman–Crippen MR) is 91.4 cm³/mol. The first kappa shape index (κ1) is 15.4. The molecule has 0 bridgehead atoms. The van der Waals surface area contributed by atoms with Crippen molar-refractivity contribution in [2.45, 2.75) is 32.0 Å². The van der Waals surface area contributed by atoms with Crippen molar-refractivity contribution in [2.75, 3.05) is 18.1 Å². The van der Waals surface area contributed by atoms with E-state index in [1.165, 1.54) is 29.9 Å². The third-order valence-electron chi connectivity index (χ3n) is 3.83. The van der Waals surface area contributed by atoms with Crippen LogP contribution in [-0.4, -0.2) is 33.7 Å². The lowest BCUT2D eigenvalue weighted by atomic mass is 10.1. The summed E-state index contributed by atoms with van der Waals surface area (Å²) < 4.78 is 7.85. The van der Waals surface area contributed by atoms with Crippen molar-refractivity contribution in [3.8, 4) is 5.75 Å². The quantitative estimate of drug-likeness (QED) is 0.852. The number of imidazole rings is 1. The van der Waals surface area contributed by atoms with Crippen molar-refractivity contribution in [1.29, 1.82) is 0 Å². The first-order valence-corrected chi connectivity index (χ1v) is 9.04. The summed E-state index contributed by atoms with van der Waals surface area (Å²) in [6, 6.07) is 9.04. The molecule has 3 rings (SSSR count). The largest absolute Gasteiger partial charge is 0.492 e. The van der Waals surface area contributed by atoms with Crippen LogP contribution < -0.4 is 10.1 Å². The van der Waals surface area contributed by atoms with Crippen molar-refractivity contribution < 1.29 is 4.74 Å². The molecule has 2 heterocycles. The van der Waals surface area contributed by atoms with Crippen molar-refractivity contribution in [3.63, 3.8) is 0 Å². The zero-order valence-electron chi connectivity index (χ0n) is 12.8. The van der Waals surface area contributed by atoms with E-state index in [4.69, 9.17) is 4.74 Å². The average Bonchev–Trinajstić information content (AvgIpc) is 3.08. The monoisotopic (exact) mass is 317 g/mol. The number of thioether (sulfide) groups is 1. The molecule has 1 saturated heterocycles. The van der Waals surface area contributed by atoms with Crippen molar-refractivity contribution >= 4 is 11.8 Å². The standard InChI is InChI=1S/C17H23N3OS/c1-3-15(12-19-16-4-2-10-22-13-16)11-17(5-1)21-9-8-20-7-6-18-14-20/h1,3,5-7,11,14,16,19H,2,4,8-10,12-13H2/t16-/m0/s1. The number of ether oxygens (including phenoxy) is 1. The second-order valence-electron chi connectivity index (χ2n) is 5.59. The van der Waals surface area contributed by atoms with E-state index in [1.807, 2.05) is 23.2 Å². The van der Waals surface area contributed by atoms with E-state index in [1.54, 1.807) is 6.20 Å². The topological polar surface area (TPSA) is 39.1 Å². The minimum absolute atomic E-state index is 0.657. The van der Waals surface area contributed by atoms with Crippen LogP contribution in [0.4, 0.5) is 0 Å². The van der Waals surface area contributed by atoms with Crippen LogP contribution in [-0.2, 0) is 13.1 Å². The van der Waals surface area contributed by atoms with Crippen LogP contribution in [0.25, 0.3) is 0 Å². The average molecular weight is 317 g/mol. The maximum absolute atomic E-state index is 5.83. The fourth-order valence-corrected chi connectivity index (χ4v) is 3.70. The Morgan fingerprint density at radius 1 is 1.41 bits per heavy atom. The molecule has 0 aliphatic carbocycles. The summed E-state index contributed by atoms with van der Waals surface area (Å²) in [5, 5.41) is 3.65. The Kier molecular flexibility index (Phi) is 5.79. The maximum atomic E-state index is 5.83. The zero-order valence-corrected chi connectivity index (χ0v) is 13.6. The number of nitrogens with one attached hydrogen (secondary N) is 1. The van der Waals surface area contributed by atoms with Crippen LogP contribution in [0.1, 0.15) is 18.4 Å². The lowest BCUT2D eigenvalue weighted by molar-refractivity contribution is 0.298. The van der Waals surface area contributed by atoms with Gasteiger partial charge in [0.2, 0.25) is 0 Å². The molecule has 0 radical (unpaired) electrons. The third-order valence-corrected chi connectivity index (χ3v) is 5.05. The van der Waals surface area contributed by atoms with Crippen LogP contribution in [0.3, 0.4) is 0 Å². The zero-order chi connectivity index (χ0) is 15.0. The van der Waals surface area contributed by atoms with Gasteiger partial charge in [-0.3, -0.25) is 0 Å². The highest BCUT2D eigenvalue weighted by Gasteiger charge is 2.12. The highest BCUT2D eigenvalue weighted by molar-refractivity contribution is 7.99. The van der Waals surface area contributed by atoms with Gasteiger partial charge in [-0.1, -0.05) is 12.1 Å². The highest BCUT2D eigenvalue weighted by atomic mass is 32.2.